The van der Waals surface area contributed by atoms with Crippen LogP contribution in [0.3, 0.4) is 0 Å². The highest BCUT2D eigenvalue weighted by atomic mass is 16.2. The molecule has 1 N–H and O–H groups in total. The van der Waals surface area contributed by atoms with E-state index in [4.69, 9.17) is 0 Å². The number of amides is 1. The minimum atomic E-state index is -0.523. The van der Waals surface area contributed by atoms with Crippen LogP contribution in [0.1, 0.15) is 37.0 Å². The monoisotopic (exact) mass is 258 g/mol. The molecule has 1 amide bonds. The number of rotatable bonds is 4. The van der Waals surface area contributed by atoms with E-state index in [0.717, 1.165) is 18.2 Å². The van der Waals surface area contributed by atoms with E-state index in [0.29, 0.717) is 17.3 Å². The molecule has 19 heavy (non-hydrogen) atoms. The van der Waals surface area contributed by atoms with Gasteiger partial charge in [-0.3, -0.25) is 9.59 Å². The van der Waals surface area contributed by atoms with Crippen molar-refractivity contribution in [2.75, 3.05) is 16.8 Å². The molecule has 1 aliphatic heterocycles. The number of carbonyl (C=O) groups excluding carboxylic acids is 2. The van der Waals surface area contributed by atoms with Gasteiger partial charge in [0.15, 0.2) is 0 Å². The van der Waals surface area contributed by atoms with Crippen molar-refractivity contribution < 1.29 is 9.59 Å². The Morgan fingerprint density at radius 1 is 1.32 bits per heavy atom. The molecule has 0 radical (unpaired) electrons. The zero-order valence-electron chi connectivity index (χ0n) is 11.3. The number of Topliss-reactive ketones (excluding diaryl/α,β-unsaturated/α-hetero) is 1. The van der Waals surface area contributed by atoms with E-state index in [1.54, 1.807) is 6.07 Å². The zero-order chi connectivity index (χ0) is 13.6. The van der Waals surface area contributed by atoms with E-state index in [9.17, 15) is 9.59 Å². The van der Waals surface area contributed by atoms with Gasteiger partial charge < -0.3 is 10.2 Å². The fourth-order valence-corrected chi connectivity index (χ4v) is 2.51. The van der Waals surface area contributed by atoms with Crippen LogP contribution in [-0.4, -0.2) is 24.3 Å². The van der Waals surface area contributed by atoms with Crippen LogP contribution in [0.15, 0.2) is 18.2 Å². The summed E-state index contributed by atoms with van der Waals surface area (Å²) < 4.78 is 0. The Hall–Kier alpha value is -1.84. The number of anilines is 2. The number of nitrogens with one attached hydrogen (secondary N) is 1. The number of ketones is 1. The molecule has 1 aliphatic carbocycles. The lowest BCUT2D eigenvalue weighted by atomic mass is 10.1. The highest BCUT2D eigenvalue weighted by molar-refractivity contribution is 6.51. The number of hydrogen-bond acceptors (Lipinski definition) is 3. The van der Waals surface area contributed by atoms with Crippen molar-refractivity contribution in [1.29, 1.82) is 0 Å². The largest absolute Gasteiger partial charge is 0.369 e. The molecule has 1 aromatic carbocycles. The first-order chi connectivity index (χ1) is 9.06. The first-order valence-electron chi connectivity index (χ1n) is 6.82. The lowest BCUT2D eigenvalue weighted by Gasteiger charge is -2.29. The van der Waals surface area contributed by atoms with Gasteiger partial charge >= 0.3 is 0 Å². The topological polar surface area (TPSA) is 49.4 Å². The van der Waals surface area contributed by atoms with Crippen LogP contribution in [-0.2, 0) is 4.79 Å². The molecule has 0 atom stereocenters. The number of nitrogens with zero attached hydrogens (tertiary/aromatic N) is 1. The molecular weight excluding hydrogens is 240 g/mol. The van der Waals surface area contributed by atoms with Gasteiger partial charge in [-0.25, -0.2) is 0 Å². The Kier molecular flexibility index (Phi) is 2.81. The van der Waals surface area contributed by atoms with E-state index >= 15 is 0 Å². The molecular formula is C15H18N2O2. The van der Waals surface area contributed by atoms with Crippen molar-refractivity contribution in [3.63, 3.8) is 0 Å². The third-order valence-corrected chi connectivity index (χ3v) is 3.81. The Morgan fingerprint density at radius 2 is 2.05 bits per heavy atom. The van der Waals surface area contributed by atoms with Gasteiger partial charge in [-0.15, -0.1) is 0 Å². The normalized spacial score (nSPS) is 17.6. The second-order valence-electron chi connectivity index (χ2n) is 5.70. The van der Waals surface area contributed by atoms with E-state index in [2.05, 4.69) is 24.1 Å². The summed E-state index contributed by atoms with van der Waals surface area (Å²) in [5.74, 6) is -0.155. The van der Waals surface area contributed by atoms with Crippen LogP contribution in [0.25, 0.3) is 0 Å². The molecule has 4 heteroatoms. The number of hydrogen-bond donors (Lipinski definition) is 1. The average Bonchev–Trinajstić information content (AvgIpc) is 3.14. The van der Waals surface area contributed by atoms with Crippen LogP contribution >= 0.6 is 0 Å². The third kappa shape index (κ3) is 2.23. The van der Waals surface area contributed by atoms with Gasteiger partial charge in [0.1, 0.15) is 0 Å². The standard InChI is InChI=1S/C15H18N2O2/c1-9(2)17(8-10-3-4-10)11-5-6-12-13(7-11)16-15(19)14(12)18/h5-7,9-10H,3-4,8H2,1-2H3,(H,16,18,19). The van der Waals surface area contributed by atoms with Gasteiger partial charge in [0.05, 0.1) is 11.3 Å². The summed E-state index contributed by atoms with van der Waals surface area (Å²) in [5, 5.41) is 2.64. The molecule has 1 saturated carbocycles. The van der Waals surface area contributed by atoms with Crippen LogP contribution in [0.2, 0.25) is 0 Å². The highest BCUT2D eigenvalue weighted by Gasteiger charge is 2.30. The van der Waals surface area contributed by atoms with E-state index in [1.807, 2.05) is 12.1 Å². The summed E-state index contributed by atoms with van der Waals surface area (Å²) in [7, 11) is 0. The minimum Gasteiger partial charge on any atom is -0.369 e. The number of fused-ring (bicyclic) bond motifs is 1. The molecule has 0 spiro atoms. The molecule has 3 rings (SSSR count). The van der Waals surface area contributed by atoms with Crippen molar-refractivity contribution in [2.45, 2.75) is 32.7 Å². The lowest BCUT2D eigenvalue weighted by Crippen LogP contribution is -2.32. The maximum absolute atomic E-state index is 11.6. The molecule has 4 nitrogen and oxygen atoms in total. The van der Waals surface area contributed by atoms with Gasteiger partial charge in [-0.05, 0) is 50.8 Å². The first kappa shape index (κ1) is 12.2. The van der Waals surface area contributed by atoms with Gasteiger partial charge in [-0.1, -0.05) is 0 Å². The summed E-state index contributed by atoms with van der Waals surface area (Å²) in [5.41, 5.74) is 2.22. The summed E-state index contributed by atoms with van der Waals surface area (Å²) in [6.45, 7) is 5.39. The SMILES string of the molecule is CC(C)N(CC1CC1)c1ccc2c(c1)NC(=O)C2=O. The van der Waals surface area contributed by atoms with Crippen molar-refractivity contribution in [2.24, 2.45) is 5.92 Å². The first-order valence-corrected chi connectivity index (χ1v) is 6.82. The fourth-order valence-electron chi connectivity index (χ4n) is 2.51. The van der Waals surface area contributed by atoms with E-state index in [-0.39, 0.29) is 0 Å². The molecule has 1 fully saturated rings. The quantitative estimate of drug-likeness (QED) is 0.844. The number of carbonyl (C=O) groups is 2. The van der Waals surface area contributed by atoms with Crippen molar-refractivity contribution >= 4 is 23.1 Å². The average molecular weight is 258 g/mol. The van der Waals surface area contributed by atoms with Crippen LogP contribution in [0.5, 0.6) is 0 Å². The lowest BCUT2D eigenvalue weighted by molar-refractivity contribution is -0.112. The molecule has 100 valence electrons. The second-order valence-corrected chi connectivity index (χ2v) is 5.70. The van der Waals surface area contributed by atoms with Gasteiger partial charge in [0.25, 0.3) is 11.7 Å². The van der Waals surface area contributed by atoms with Crippen LogP contribution < -0.4 is 10.2 Å². The van der Waals surface area contributed by atoms with Crippen LogP contribution in [0, 0.1) is 5.92 Å². The van der Waals surface area contributed by atoms with Crippen LogP contribution in [0.4, 0.5) is 11.4 Å². The maximum atomic E-state index is 11.6. The Bertz CT molecular complexity index is 547. The summed E-state index contributed by atoms with van der Waals surface area (Å²) >= 11 is 0. The van der Waals surface area contributed by atoms with Crippen molar-refractivity contribution in [3.05, 3.63) is 23.8 Å². The Balaban J connectivity index is 1.90. The molecule has 0 unspecified atom stereocenters. The van der Waals surface area contributed by atoms with E-state index < -0.39 is 11.7 Å². The molecule has 0 bridgehead atoms. The smallest absolute Gasteiger partial charge is 0.296 e. The maximum Gasteiger partial charge on any atom is 0.296 e. The molecule has 0 aromatic heterocycles. The molecule has 0 saturated heterocycles. The predicted molar refractivity (Wildman–Crippen MR) is 74.6 cm³/mol. The second kappa shape index (κ2) is 4.37. The van der Waals surface area contributed by atoms with Gasteiger partial charge in [0.2, 0.25) is 0 Å². The third-order valence-electron chi connectivity index (χ3n) is 3.81. The Labute approximate surface area is 112 Å². The molecule has 2 aliphatic rings. The van der Waals surface area contributed by atoms with E-state index in [1.165, 1.54) is 12.8 Å². The zero-order valence-corrected chi connectivity index (χ0v) is 11.3. The van der Waals surface area contributed by atoms with Crippen molar-refractivity contribution in [1.82, 2.24) is 0 Å². The molecule has 1 heterocycles. The van der Waals surface area contributed by atoms with Gasteiger partial charge in [0, 0.05) is 18.3 Å². The fraction of sp³-hybridized carbons (Fsp3) is 0.467. The highest BCUT2D eigenvalue weighted by Crippen LogP contribution is 2.34. The number of benzene rings is 1. The summed E-state index contributed by atoms with van der Waals surface area (Å²) in [4.78, 5) is 25.3. The Morgan fingerprint density at radius 3 is 2.68 bits per heavy atom. The minimum absolute atomic E-state index is 0.409. The summed E-state index contributed by atoms with van der Waals surface area (Å²) in [6, 6.07) is 6.03. The van der Waals surface area contributed by atoms with Gasteiger partial charge in [-0.2, -0.15) is 0 Å². The van der Waals surface area contributed by atoms with Crippen molar-refractivity contribution in [3.8, 4) is 0 Å². The molecule has 1 aromatic rings. The summed E-state index contributed by atoms with van der Waals surface area (Å²) in [6.07, 6.45) is 2.62. The predicted octanol–water partition coefficient (Wildman–Crippen LogP) is 2.45.